The first-order valence-corrected chi connectivity index (χ1v) is 7.85. The molecule has 0 heterocycles. The third-order valence-electron chi connectivity index (χ3n) is 3.57. The maximum absolute atomic E-state index is 12.1. The summed E-state index contributed by atoms with van der Waals surface area (Å²) in [5, 5.41) is 11.5. The summed E-state index contributed by atoms with van der Waals surface area (Å²) in [7, 11) is 1.52. The van der Waals surface area contributed by atoms with Gasteiger partial charge in [0, 0.05) is 6.08 Å². The van der Waals surface area contributed by atoms with Crippen LogP contribution in [0.1, 0.15) is 24.1 Å². The fraction of sp³-hybridized carbons (Fsp3) is 0.200. The van der Waals surface area contributed by atoms with Crippen molar-refractivity contribution in [1.82, 2.24) is 5.32 Å². The van der Waals surface area contributed by atoms with Crippen LogP contribution in [0.25, 0.3) is 6.08 Å². The summed E-state index contributed by atoms with van der Waals surface area (Å²) >= 11 is 0. The normalized spacial score (nSPS) is 11.6. The Hall–Kier alpha value is -3.26. The van der Waals surface area contributed by atoms with E-state index in [-0.39, 0.29) is 18.6 Å². The average Bonchev–Trinajstić information content (AvgIpc) is 2.65. The molecule has 5 nitrogen and oxygen atoms in total. The number of rotatable bonds is 7. The summed E-state index contributed by atoms with van der Waals surface area (Å²) < 4.78 is 10.5. The summed E-state index contributed by atoms with van der Waals surface area (Å²) in [6, 6.07) is 16.8. The SMILES string of the molecule is COc1cc(/C=C/C(=O)N[C@@H](C)c2ccccc2)ccc1OCC#N. The number of nitrogens with zero attached hydrogens (tertiary/aromatic N) is 1. The van der Waals surface area contributed by atoms with Crippen molar-refractivity contribution >= 4 is 12.0 Å². The number of benzene rings is 2. The number of nitrogens with one attached hydrogen (secondary N) is 1. The molecule has 1 N–H and O–H groups in total. The molecule has 0 saturated carbocycles. The fourth-order valence-corrected chi connectivity index (χ4v) is 2.28. The van der Waals surface area contributed by atoms with Gasteiger partial charge in [0.2, 0.25) is 5.91 Å². The van der Waals surface area contributed by atoms with Crippen molar-refractivity contribution in [3.63, 3.8) is 0 Å². The number of amides is 1. The zero-order valence-electron chi connectivity index (χ0n) is 14.2. The number of carbonyl (C=O) groups is 1. The van der Waals surface area contributed by atoms with E-state index in [0.29, 0.717) is 11.5 Å². The molecule has 2 aromatic rings. The Morgan fingerprint density at radius 1 is 1.24 bits per heavy atom. The van der Waals surface area contributed by atoms with Crippen LogP contribution in [0, 0.1) is 11.3 Å². The van der Waals surface area contributed by atoms with Gasteiger partial charge in [-0.15, -0.1) is 0 Å². The Balaban J connectivity index is 2.01. The third kappa shape index (κ3) is 5.40. The van der Waals surface area contributed by atoms with Gasteiger partial charge in [0.05, 0.1) is 13.2 Å². The molecule has 0 spiro atoms. The van der Waals surface area contributed by atoms with Gasteiger partial charge in [-0.1, -0.05) is 36.4 Å². The summed E-state index contributed by atoms with van der Waals surface area (Å²) in [6.45, 7) is 1.89. The van der Waals surface area contributed by atoms with Gasteiger partial charge in [0.1, 0.15) is 6.07 Å². The molecule has 0 aromatic heterocycles. The van der Waals surface area contributed by atoms with E-state index in [0.717, 1.165) is 11.1 Å². The highest BCUT2D eigenvalue weighted by molar-refractivity contribution is 5.92. The van der Waals surface area contributed by atoms with Crippen LogP contribution >= 0.6 is 0 Å². The first-order chi connectivity index (χ1) is 12.1. The molecule has 1 atom stereocenters. The number of carbonyl (C=O) groups excluding carboxylic acids is 1. The number of hydrogen-bond donors (Lipinski definition) is 1. The second-order valence-corrected chi connectivity index (χ2v) is 5.33. The predicted octanol–water partition coefficient (Wildman–Crippen LogP) is 3.49. The predicted molar refractivity (Wildman–Crippen MR) is 96.1 cm³/mol. The molecule has 0 fully saturated rings. The van der Waals surface area contributed by atoms with Crippen LogP contribution in [0.3, 0.4) is 0 Å². The molecule has 0 unspecified atom stereocenters. The fourth-order valence-electron chi connectivity index (χ4n) is 2.28. The van der Waals surface area contributed by atoms with Gasteiger partial charge in [-0.3, -0.25) is 4.79 Å². The van der Waals surface area contributed by atoms with Crippen LogP contribution in [-0.2, 0) is 4.79 Å². The highest BCUT2D eigenvalue weighted by atomic mass is 16.5. The first-order valence-electron chi connectivity index (χ1n) is 7.85. The van der Waals surface area contributed by atoms with Gasteiger partial charge in [-0.05, 0) is 36.3 Å². The van der Waals surface area contributed by atoms with Gasteiger partial charge in [0.25, 0.3) is 0 Å². The Bertz CT molecular complexity index is 779. The largest absolute Gasteiger partial charge is 0.493 e. The molecular weight excluding hydrogens is 316 g/mol. The lowest BCUT2D eigenvalue weighted by Gasteiger charge is -2.12. The quantitative estimate of drug-likeness (QED) is 0.786. The number of hydrogen-bond acceptors (Lipinski definition) is 4. The molecule has 128 valence electrons. The van der Waals surface area contributed by atoms with Crippen molar-refractivity contribution < 1.29 is 14.3 Å². The van der Waals surface area contributed by atoms with Gasteiger partial charge >= 0.3 is 0 Å². The number of methoxy groups -OCH3 is 1. The topological polar surface area (TPSA) is 71.3 Å². The molecule has 2 rings (SSSR count). The standard InChI is InChI=1S/C20H20N2O3/c1-15(17-6-4-3-5-7-17)22-20(23)11-9-16-8-10-18(25-13-12-21)19(14-16)24-2/h3-11,14-15H,13H2,1-2H3,(H,22,23)/b11-9+/t15-/m0/s1. The smallest absolute Gasteiger partial charge is 0.244 e. The average molecular weight is 336 g/mol. The molecule has 0 aliphatic heterocycles. The monoisotopic (exact) mass is 336 g/mol. The molecule has 0 aliphatic carbocycles. The van der Waals surface area contributed by atoms with Crippen molar-refractivity contribution in [3.05, 3.63) is 65.7 Å². The van der Waals surface area contributed by atoms with E-state index < -0.39 is 0 Å². The van der Waals surface area contributed by atoms with Crippen molar-refractivity contribution in [3.8, 4) is 17.6 Å². The van der Waals surface area contributed by atoms with Gasteiger partial charge < -0.3 is 14.8 Å². The number of ether oxygens (including phenoxy) is 2. The highest BCUT2D eigenvalue weighted by Gasteiger charge is 2.07. The van der Waals surface area contributed by atoms with Crippen molar-refractivity contribution in [2.45, 2.75) is 13.0 Å². The van der Waals surface area contributed by atoms with Crippen molar-refractivity contribution in [1.29, 1.82) is 5.26 Å². The minimum Gasteiger partial charge on any atom is -0.493 e. The van der Waals surface area contributed by atoms with Crippen molar-refractivity contribution in [2.75, 3.05) is 13.7 Å². The molecule has 0 aliphatic rings. The molecule has 5 heteroatoms. The maximum atomic E-state index is 12.1. The molecule has 2 aromatic carbocycles. The summed E-state index contributed by atoms with van der Waals surface area (Å²) in [5.41, 5.74) is 1.84. The number of nitriles is 1. The second kappa shape index (κ2) is 9.14. The Morgan fingerprint density at radius 3 is 2.68 bits per heavy atom. The minimum absolute atomic E-state index is 0.0503. The van der Waals surface area contributed by atoms with Crippen LogP contribution in [0.5, 0.6) is 11.5 Å². The van der Waals surface area contributed by atoms with Gasteiger partial charge in [-0.25, -0.2) is 0 Å². The maximum Gasteiger partial charge on any atom is 0.244 e. The van der Waals surface area contributed by atoms with Gasteiger partial charge in [-0.2, -0.15) is 5.26 Å². The highest BCUT2D eigenvalue weighted by Crippen LogP contribution is 2.28. The molecule has 1 amide bonds. The zero-order valence-corrected chi connectivity index (χ0v) is 14.2. The van der Waals surface area contributed by atoms with Crippen LogP contribution in [0.4, 0.5) is 0 Å². The van der Waals surface area contributed by atoms with Crippen molar-refractivity contribution in [2.24, 2.45) is 0 Å². The first kappa shape index (κ1) is 18.1. The lowest BCUT2D eigenvalue weighted by molar-refractivity contribution is -0.117. The molecule has 25 heavy (non-hydrogen) atoms. The minimum atomic E-state index is -0.180. The molecular formula is C20H20N2O3. The van der Waals surface area contributed by atoms with Crippen LogP contribution in [0.15, 0.2) is 54.6 Å². The molecule has 0 saturated heterocycles. The zero-order chi connectivity index (χ0) is 18.1. The third-order valence-corrected chi connectivity index (χ3v) is 3.57. The lowest BCUT2D eigenvalue weighted by Crippen LogP contribution is -2.24. The lowest BCUT2D eigenvalue weighted by atomic mass is 10.1. The van der Waals surface area contributed by atoms with Crippen LogP contribution < -0.4 is 14.8 Å². The Morgan fingerprint density at radius 2 is 2.00 bits per heavy atom. The molecule has 0 radical (unpaired) electrons. The van der Waals surface area contributed by atoms with E-state index in [9.17, 15) is 4.79 Å². The Kier molecular flexibility index (Phi) is 6.61. The summed E-state index contributed by atoms with van der Waals surface area (Å²) in [4.78, 5) is 12.1. The van der Waals surface area contributed by atoms with E-state index in [1.54, 1.807) is 24.3 Å². The van der Waals surface area contributed by atoms with E-state index in [2.05, 4.69) is 5.32 Å². The van der Waals surface area contributed by atoms with E-state index >= 15 is 0 Å². The summed E-state index contributed by atoms with van der Waals surface area (Å²) in [6.07, 6.45) is 3.17. The Labute approximate surface area is 147 Å². The summed E-state index contributed by atoms with van der Waals surface area (Å²) in [5.74, 6) is 0.818. The van der Waals surface area contributed by atoms with Gasteiger partial charge in [0.15, 0.2) is 18.1 Å². The molecule has 0 bridgehead atoms. The second-order valence-electron chi connectivity index (χ2n) is 5.33. The van der Waals surface area contributed by atoms with Crippen LogP contribution in [-0.4, -0.2) is 19.6 Å². The van der Waals surface area contributed by atoms with E-state index in [1.165, 1.54) is 13.2 Å². The van der Waals surface area contributed by atoms with Crippen LogP contribution in [0.2, 0.25) is 0 Å². The van der Waals surface area contributed by atoms with E-state index in [1.807, 2.05) is 43.3 Å². The van der Waals surface area contributed by atoms with E-state index in [4.69, 9.17) is 14.7 Å².